The smallest absolute Gasteiger partial charge is 0.246 e. The SMILES string of the molecule is CCOCC(=O)NC1CCN(C(C)C)CC1.[HH]. The third-order valence-electron chi connectivity index (χ3n) is 3.06. The van der Waals surface area contributed by atoms with E-state index in [0.29, 0.717) is 18.7 Å². The lowest BCUT2D eigenvalue weighted by molar-refractivity contribution is -0.126. The highest BCUT2D eigenvalue weighted by Gasteiger charge is 2.21. The Hall–Kier alpha value is -0.610. The van der Waals surface area contributed by atoms with Crippen molar-refractivity contribution in [2.75, 3.05) is 26.3 Å². The molecule has 0 saturated carbocycles. The normalized spacial score (nSPS) is 19.0. The van der Waals surface area contributed by atoms with Crippen molar-refractivity contribution in [1.29, 1.82) is 0 Å². The van der Waals surface area contributed by atoms with Crippen LogP contribution in [0.5, 0.6) is 0 Å². The van der Waals surface area contributed by atoms with Gasteiger partial charge in [-0.15, -0.1) is 0 Å². The molecule has 0 spiro atoms. The lowest BCUT2D eigenvalue weighted by Crippen LogP contribution is -2.47. The van der Waals surface area contributed by atoms with Gasteiger partial charge in [-0.05, 0) is 33.6 Å². The molecular weight excluding hydrogens is 204 g/mol. The summed E-state index contributed by atoms with van der Waals surface area (Å²) in [5.41, 5.74) is 0. The van der Waals surface area contributed by atoms with Gasteiger partial charge in [-0.1, -0.05) is 0 Å². The van der Waals surface area contributed by atoms with Crippen LogP contribution in [0.15, 0.2) is 0 Å². The molecule has 4 nitrogen and oxygen atoms in total. The quantitative estimate of drug-likeness (QED) is 0.773. The first kappa shape index (κ1) is 13.5. The number of carbonyl (C=O) groups excluding carboxylic acids is 1. The van der Waals surface area contributed by atoms with Crippen LogP contribution in [0.25, 0.3) is 0 Å². The highest BCUT2D eigenvalue weighted by atomic mass is 16.5. The maximum atomic E-state index is 11.4. The van der Waals surface area contributed by atoms with E-state index in [1.165, 1.54) is 0 Å². The molecule has 0 aromatic rings. The van der Waals surface area contributed by atoms with Crippen LogP contribution in [0.4, 0.5) is 0 Å². The molecule has 1 amide bonds. The first-order chi connectivity index (χ1) is 7.63. The van der Waals surface area contributed by atoms with E-state index in [4.69, 9.17) is 4.74 Å². The Morgan fingerprint density at radius 3 is 2.62 bits per heavy atom. The summed E-state index contributed by atoms with van der Waals surface area (Å²) in [6, 6.07) is 0.947. The Morgan fingerprint density at radius 1 is 1.50 bits per heavy atom. The molecule has 1 aliphatic rings. The number of likely N-dealkylation sites (tertiary alicyclic amines) is 1. The number of amides is 1. The summed E-state index contributed by atoms with van der Waals surface area (Å²) in [5.74, 6) is 0.0184. The van der Waals surface area contributed by atoms with Gasteiger partial charge in [-0.2, -0.15) is 0 Å². The van der Waals surface area contributed by atoms with Gasteiger partial charge in [-0.25, -0.2) is 0 Å². The van der Waals surface area contributed by atoms with Crippen molar-refractivity contribution in [3.8, 4) is 0 Å². The number of carbonyl (C=O) groups is 1. The van der Waals surface area contributed by atoms with Gasteiger partial charge >= 0.3 is 0 Å². The Bertz CT molecular complexity index is 217. The van der Waals surface area contributed by atoms with Crippen molar-refractivity contribution in [2.45, 2.75) is 45.7 Å². The zero-order valence-electron chi connectivity index (χ0n) is 10.7. The second-order valence-corrected chi connectivity index (χ2v) is 4.61. The maximum Gasteiger partial charge on any atom is 0.246 e. The molecule has 1 aliphatic heterocycles. The highest BCUT2D eigenvalue weighted by Crippen LogP contribution is 2.12. The number of hydrogen-bond acceptors (Lipinski definition) is 3. The molecular formula is C12H26N2O2. The molecule has 1 N–H and O–H groups in total. The molecule has 4 heteroatoms. The number of nitrogens with one attached hydrogen (secondary N) is 1. The summed E-state index contributed by atoms with van der Waals surface area (Å²) in [6.45, 7) is 9.28. The van der Waals surface area contributed by atoms with Gasteiger partial charge in [0.25, 0.3) is 0 Å². The van der Waals surface area contributed by atoms with Crippen molar-refractivity contribution in [3.63, 3.8) is 0 Å². The van der Waals surface area contributed by atoms with E-state index in [0.717, 1.165) is 25.9 Å². The molecule has 0 aromatic heterocycles. The van der Waals surface area contributed by atoms with Crippen LogP contribution in [0, 0.1) is 0 Å². The van der Waals surface area contributed by atoms with Crippen LogP contribution in [-0.2, 0) is 9.53 Å². The van der Waals surface area contributed by atoms with Crippen molar-refractivity contribution in [3.05, 3.63) is 0 Å². The average Bonchev–Trinajstić information content (AvgIpc) is 2.27. The lowest BCUT2D eigenvalue weighted by Gasteiger charge is -2.34. The topological polar surface area (TPSA) is 41.6 Å². The van der Waals surface area contributed by atoms with Crippen molar-refractivity contribution in [1.82, 2.24) is 10.2 Å². The van der Waals surface area contributed by atoms with Gasteiger partial charge in [0.1, 0.15) is 6.61 Å². The zero-order valence-corrected chi connectivity index (χ0v) is 10.7. The van der Waals surface area contributed by atoms with E-state index in [-0.39, 0.29) is 13.9 Å². The van der Waals surface area contributed by atoms with Gasteiger partial charge in [0.15, 0.2) is 0 Å². The molecule has 16 heavy (non-hydrogen) atoms. The standard InChI is InChI=1S/C12H24N2O2.H2/c1-4-16-9-12(15)13-11-5-7-14(8-6-11)10(2)3;/h10-11H,4-9H2,1-3H3,(H,13,15);1H. The predicted octanol–water partition coefficient (Wildman–Crippen LogP) is 1.26. The molecule has 0 unspecified atom stereocenters. The van der Waals surface area contributed by atoms with Crippen molar-refractivity contribution in [2.24, 2.45) is 0 Å². The minimum absolute atomic E-state index is 0. The molecule has 0 aromatic carbocycles. The Kier molecular flexibility index (Phi) is 5.77. The molecule has 96 valence electrons. The molecule has 1 rings (SSSR count). The number of piperidine rings is 1. The fourth-order valence-corrected chi connectivity index (χ4v) is 2.02. The third kappa shape index (κ3) is 4.49. The van der Waals surface area contributed by atoms with Crippen LogP contribution in [-0.4, -0.2) is 49.2 Å². The number of nitrogens with zero attached hydrogens (tertiary/aromatic N) is 1. The number of ether oxygens (including phenoxy) is 1. The van der Waals surface area contributed by atoms with Crippen LogP contribution in [0.1, 0.15) is 35.0 Å². The molecule has 1 heterocycles. The molecule has 1 fully saturated rings. The van der Waals surface area contributed by atoms with Gasteiger partial charge in [0.2, 0.25) is 5.91 Å². The molecule has 0 atom stereocenters. The Morgan fingerprint density at radius 2 is 2.12 bits per heavy atom. The van der Waals surface area contributed by atoms with E-state index < -0.39 is 0 Å². The third-order valence-corrected chi connectivity index (χ3v) is 3.06. The minimum atomic E-state index is 0. The summed E-state index contributed by atoms with van der Waals surface area (Å²) < 4.78 is 5.07. The van der Waals surface area contributed by atoms with Gasteiger partial charge in [0, 0.05) is 33.2 Å². The second kappa shape index (κ2) is 6.86. The van der Waals surface area contributed by atoms with Gasteiger partial charge in [0.05, 0.1) is 0 Å². The molecule has 1 saturated heterocycles. The van der Waals surface area contributed by atoms with Crippen LogP contribution in [0.2, 0.25) is 0 Å². The largest absolute Gasteiger partial charge is 0.372 e. The number of rotatable bonds is 5. The van der Waals surface area contributed by atoms with Gasteiger partial charge < -0.3 is 15.0 Å². The van der Waals surface area contributed by atoms with E-state index in [9.17, 15) is 4.79 Å². The maximum absolute atomic E-state index is 11.4. The summed E-state index contributed by atoms with van der Waals surface area (Å²) in [5, 5.41) is 3.02. The average molecular weight is 230 g/mol. The van der Waals surface area contributed by atoms with Crippen LogP contribution >= 0.6 is 0 Å². The monoisotopic (exact) mass is 230 g/mol. The fourth-order valence-electron chi connectivity index (χ4n) is 2.02. The molecule has 0 aliphatic carbocycles. The molecule has 0 bridgehead atoms. The summed E-state index contributed by atoms with van der Waals surface area (Å²) >= 11 is 0. The first-order valence-corrected chi connectivity index (χ1v) is 6.24. The van der Waals surface area contributed by atoms with E-state index in [1.807, 2.05) is 6.92 Å². The zero-order chi connectivity index (χ0) is 12.0. The first-order valence-electron chi connectivity index (χ1n) is 6.24. The van der Waals surface area contributed by atoms with Crippen LogP contribution in [0.3, 0.4) is 0 Å². The number of hydrogen-bond donors (Lipinski definition) is 1. The van der Waals surface area contributed by atoms with Crippen molar-refractivity contribution >= 4 is 5.91 Å². The Balaban J connectivity index is 0.00000256. The van der Waals surface area contributed by atoms with Crippen molar-refractivity contribution < 1.29 is 11.0 Å². The summed E-state index contributed by atoms with van der Waals surface area (Å²) in [6.07, 6.45) is 2.10. The predicted molar refractivity (Wildman–Crippen MR) is 66.5 cm³/mol. The van der Waals surface area contributed by atoms with E-state index >= 15 is 0 Å². The summed E-state index contributed by atoms with van der Waals surface area (Å²) in [7, 11) is 0. The second-order valence-electron chi connectivity index (χ2n) is 4.61. The Labute approximate surface area is 99.8 Å². The molecule has 0 radical (unpaired) electrons. The summed E-state index contributed by atoms with van der Waals surface area (Å²) in [4.78, 5) is 13.9. The highest BCUT2D eigenvalue weighted by molar-refractivity contribution is 5.77. The van der Waals surface area contributed by atoms with E-state index in [2.05, 4.69) is 24.1 Å². The van der Waals surface area contributed by atoms with Crippen LogP contribution < -0.4 is 5.32 Å². The van der Waals surface area contributed by atoms with E-state index in [1.54, 1.807) is 0 Å². The lowest BCUT2D eigenvalue weighted by atomic mass is 10.0. The van der Waals surface area contributed by atoms with Gasteiger partial charge in [-0.3, -0.25) is 4.79 Å². The fraction of sp³-hybridized carbons (Fsp3) is 0.917. The minimum Gasteiger partial charge on any atom is -0.372 e.